The van der Waals surface area contributed by atoms with Crippen molar-refractivity contribution in [3.8, 4) is 6.07 Å². The summed E-state index contributed by atoms with van der Waals surface area (Å²) >= 11 is 0. The van der Waals surface area contributed by atoms with Gasteiger partial charge in [0.2, 0.25) is 0 Å². The van der Waals surface area contributed by atoms with Crippen LogP contribution in [0.4, 0.5) is 5.82 Å². The molecule has 2 heterocycles. The Morgan fingerprint density at radius 3 is 3.33 bits per heavy atom. The Balaban J connectivity index is 1.85. The third-order valence-electron chi connectivity index (χ3n) is 3.07. The van der Waals surface area contributed by atoms with Gasteiger partial charge in [0.15, 0.2) is 0 Å². The van der Waals surface area contributed by atoms with Gasteiger partial charge in [-0.05, 0) is 18.7 Å². The van der Waals surface area contributed by atoms with Crippen molar-refractivity contribution < 1.29 is 4.74 Å². The molecular formula is C13H18N4O. The van der Waals surface area contributed by atoms with E-state index in [2.05, 4.69) is 28.2 Å². The molecule has 1 aliphatic rings. The summed E-state index contributed by atoms with van der Waals surface area (Å²) in [5.41, 5.74) is 0.618. The Bertz CT molecular complexity index is 429. The van der Waals surface area contributed by atoms with Gasteiger partial charge in [0.25, 0.3) is 0 Å². The molecule has 0 aromatic carbocycles. The van der Waals surface area contributed by atoms with E-state index in [0.29, 0.717) is 5.56 Å². The normalized spacial score (nSPS) is 20.3. The number of likely N-dealkylation sites (N-methyl/N-ethyl adjacent to an activating group) is 1. The highest BCUT2D eigenvalue weighted by Gasteiger charge is 2.18. The van der Waals surface area contributed by atoms with Gasteiger partial charge in [0, 0.05) is 25.8 Å². The van der Waals surface area contributed by atoms with E-state index in [0.717, 1.165) is 38.6 Å². The molecule has 1 fully saturated rings. The summed E-state index contributed by atoms with van der Waals surface area (Å²) in [6.07, 6.45) is 1.83. The number of rotatable bonds is 4. The second-order valence-electron chi connectivity index (χ2n) is 4.31. The maximum absolute atomic E-state index is 8.81. The summed E-state index contributed by atoms with van der Waals surface area (Å²) < 4.78 is 5.69. The van der Waals surface area contributed by atoms with E-state index in [4.69, 9.17) is 10.00 Å². The first-order valence-electron chi connectivity index (χ1n) is 6.25. The van der Waals surface area contributed by atoms with Gasteiger partial charge in [-0.1, -0.05) is 6.92 Å². The van der Waals surface area contributed by atoms with E-state index in [1.54, 1.807) is 18.3 Å². The fourth-order valence-electron chi connectivity index (χ4n) is 2.01. The molecule has 5 nitrogen and oxygen atoms in total. The molecule has 1 unspecified atom stereocenters. The van der Waals surface area contributed by atoms with Crippen molar-refractivity contribution in [1.82, 2.24) is 9.88 Å². The number of nitrogens with zero attached hydrogens (tertiary/aromatic N) is 3. The first kappa shape index (κ1) is 12.8. The molecule has 5 heteroatoms. The molecule has 1 aliphatic heterocycles. The molecule has 1 N–H and O–H groups in total. The Hall–Kier alpha value is -1.64. The lowest BCUT2D eigenvalue weighted by Gasteiger charge is -2.32. The van der Waals surface area contributed by atoms with Crippen LogP contribution in [0.3, 0.4) is 0 Å². The van der Waals surface area contributed by atoms with Crippen molar-refractivity contribution in [2.75, 3.05) is 38.1 Å². The zero-order valence-electron chi connectivity index (χ0n) is 10.6. The molecule has 96 valence electrons. The lowest BCUT2D eigenvalue weighted by molar-refractivity contribution is -0.0192. The molecule has 2 rings (SSSR count). The van der Waals surface area contributed by atoms with E-state index in [-0.39, 0.29) is 6.10 Å². The van der Waals surface area contributed by atoms with E-state index >= 15 is 0 Å². The van der Waals surface area contributed by atoms with E-state index in [1.165, 1.54) is 0 Å². The van der Waals surface area contributed by atoms with Crippen molar-refractivity contribution in [2.45, 2.75) is 13.0 Å². The number of nitriles is 1. The van der Waals surface area contributed by atoms with Crippen LogP contribution in [0.2, 0.25) is 0 Å². The van der Waals surface area contributed by atoms with Gasteiger partial charge >= 0.3 is 0 Å². The molecule has 0 saturated carbocycles. The summed E-state index contributed by atoms with van der Waals surface area (Å²) in [5, 5.41) is 12.0. The van der Waals surface area contributed by atoms with Crippen molar-refractivity contribution in [2.24, 2.45) is 0 Å². The molecule has 18 heavy (non-hydrogen) atoms. The average molecular weight is 246 g/mol. The highest BCUT2D eigenvalue weighted by molar-refractivity contribution is 5.42. The minimum Gasteiger partial charge on any atom is -0.374 e. The van der Waals surface area contributed by atoms with Gasteiger partial charge in [-0.25, -0.2) is 4.98 Å². The van der Waals surface area contributed by atoms with Gasteiger partial charge in [0.05, 0.1) is 24.3 Å². The standard InChI is InChI=1S/C13H18N4O/c1-2-17-5-6-18-12(10-17)9-16-13-7-11(8-14)3-4-15-13/h3-4,7,12H,2,5-6,9-10H2,1H3,(H,15,16). The number of aromatic nitrogens is 1. The second kappa shape index (κ2) is 6.34. The van der Waals surface area contributed by atoms with Crippen LogP contribution >= 0.6 is 0 Å². The summed E-state index contributed by atoms with van der Waals surface area (Å²) in [5.74, 6) is 0.728. The summed E-state index contributed by atoms with van der Waals surface area (Å²) in [4.78, 5) is 6.55. The van der Waals surface area contributed by atoms with Crippen molar-refractivity contribution >= 4 is 5.82 Å². The highest BCUT2D eigenvalue weighted by Crippen LogP contribution is 2.08. The van der Waals surface area contributed by atoms with Crippen LogP contribution in [0.15, 0.2) is 18.3 Å². The maximum atomic E-state index is 8.81. The predicted molar refractivity (Wildman–Crippen MR) is 69.3 cm³/mol. The summed E-state index contributed by atoms with van der Waals surface area (Å²) in [6, 6.07) is 5.55. The van der Waals surface area contributed by atoms with Crippen LogP contribution in [0.5, 0.6) is 0 Å². The topological polar surface area (TPSA) is 61.2 Å². The fraction of sp³-hybridized carbons (Fsp3) is 0.538. The highest BCUT2D eigenvalue weighted by atomic mass is 16.5. The van der Waals surface area contributed by atoms with Gasteiger partial charge < -0.3 is 10.1 Å². The molecule has 0 spiro atoms. The zero-order valence-corrected chi connectivity index (χ0v) is 10.6. The molecule has 1 saturated heterocycles. The molecule has 0 aliphatic carbocycles. The predicted octanol–water partition coefficient (Wildman–Crippen LogP) is 1.09. The van der Waals surface area contributed by atoms with Crippen LogP contribution < -0.4 is 5.32 Å². The Kier molecular flexibility index (Phi) is 4.51. The molecule has 0 bridgehead atoms. The third-order valence-corrected chi connectivity index (χ3v) is 3.07. The van der Waals surface area contributed by atoms with Crippen LogP contribution in [-0.4, -0.2) is 48.8 Å². The SMILES string of the molecule is CCN1CCOC(CNc2cc(C#N)ccn2)C1. The average Bonchev–Trinajstić information content (AvgIpc) is 2.45. The number of nitrogens with one attached hydrogen (secondary N) is 1. The number of anilines is 1. The maximum Gasteiger partial charge on any atom is 0.127 e. The Morgan fingerprint density at radius 1 is 1.67 bits per heavy atom. The van der Waals surface area contributed by atoms with Crippen molar-refractivity contribution in [1.29, 1.82) is 5.26 Å². The number of morpholine rings is 1. The first-order valence-corrected chi connectivity index (χ1v) is 6.25. The van der Waals surface area contributed by atoms with Gasteiger partial charge in [-0.3, -0.25) is 4.90 Å². The minimum atomic E-state index is 0.186. The van der Waals surface area contributed by atoms with Crippen LogP contribution in [0.25, 0.3) is 0 Å². The number of ether oxygens (including phenoxy) is 1. The molecular weight excluding hydrogens is 228 g/mol. The van der Waals surface area contributed by atoms with E-state index in [9.17, 15) is 0 Å². The van der Waals surface area contributed by atoms with Crippen molar-refractivity contribution in [3.63, 3.8) is 0 Å². The third kappa shape index (κ3) is 3.42. The monoisotopic (exact) mass is 246 g/mol. The van der Waals surface area contributed by atoms with Crippen LogP contribution in [0, 0.1) is 11.3 Å². The van der Waals surface area contributed by atoms with Crippen LogP contribution in [0.1, 0.15) is 12.5 Å². The van der Waals surface area contributed by atoms with Crippen molar-refractivity contribution in [3.05, 3.63) is 23.9 Å². The summed E-state index contributed by atoms with van der Waals surface area (Å²) in [7, 11) is 0. The largest absolute Gasteiger partial charge is 0.374 e. The molecule has 0 amide bonds. The molecule has 0 radical (unpaired) electrons. The second-order valence-corrected chi connectivity index (χ2v) is 4.31. The lowest BCUT2D eigenvalue weighted by atomic mass is 10.2. The van der Waals surface area contributed by atoms with E-state index < -0.39 is 0 Å². The first-order chi connectivity index (χ1) is 8.81. The smallest absolute Gasteiger partial charge is 0.127 e. The van der Waals surface area contributed by atoms with E-state index in [1.807, 2.05) is 0 Å². The summed E-state index contributed by atoms with van der Waals surface area (Å²) in [6.45, 7) is 6.68. The number of hydrogen-bond acceptors (Lipinski definition) is 5. The Morgan fingerprint density at radius 2 is 2.56 bits per heavy atom. The van der Waals surface area contributed by atoms with Gasteiger partial charge in [-0.2, -0.15) is 5.26 Å². The molecule has 1 aromatic rings. The Labute approximate surface area is 107 Å². The number of hydrogen-bond donors (Lipinski definition) is 1. The van der Waals surface area contributed by atoms with Gasteiger partial charge in [0.1, 0.15) is 5.82 Å². The lowest BCUT2D eigenvalue weighted by Crippen LogP contribution is -2.45. The zero-order chi connectivity index (χ0) is 12.8. The van der Waals surface area contributed by atoms with Gasteiger partial charge in [-0.15, -0.1) is 0 Å². The molecule has 1 aromatic heterocycles. The quantitative estimate of drug-likeness (QED) is 0.861. The number of pyridine rings is 1. The fourth-order valence-corrected chi connectivity index (χ4v) is 2.01. The van der Waals surface area contributed by atoms with Crippen LogP contribution in [-0.2, 0) is 4.74 Å². The minimum absolute atomic E-state index is 0.186. The molecule has 1 atom stereocenters.